The van der Waals surface area contributed by atoms with Gasteiger partial charge in [-0.3, -0.25) is 4.79 Å². The zero-order chi connectivity index (χ0) is 11.1. The van der Waals surface area contributed by atoms with Crippen molar-refractivity contribution in [1.29, 1.82) is 0 Å². The predicted octanol–water partition coefficient (Wildman–Crippen LogP) is -1.12. The summed E-state index contributed by atoms with van der Waals surface area (Å²) < 4.78 is 5.52. The standard InChI is InChI=1S/C12H17NO2.ClH/c1-3-11(14)10-6-4-5-7-12(10)15-9-8-13-2;/h4-7,13H,3,8-9H2,1-2H3;1H/p-1. The van der Waals surface area contributed by atoms with Gasteiger partial charge in [-0.1, -0.05) is 19.1 Å². The maximum Gasteiger partial charge on any atom is 0.166 e. The molecule has 0 heterocycles. The van der Waals surface area contributed by atoms with Crippen molar-refractivity contribution >= 4 is 5.78 Å². The summed E-state index contributed by atoms with van der Waals surface area (Å²) in [6.45, 7) is 3.20. The molecule has 1 aromatic carbocycles. The van der Waals surface area contributed by atoms with E-state index in [1.807, 2.05) is 32.2 Å². The van der Waals surface area contributed by atoms with Crippen LogP contribution in [0.15, 0.2) is 24.3 Å². The molecule has 0 amide bonds. The number of rotatable bonds is 6. The molecular weight excluding hydrogens is 226 g/mol. The fourth-order valence-corrected chi connectivity index (χ4v) is 1.28. The Balaban J connectivity index is 0.00000225. The molecular formula is C12H17ClNO2-. The summed E-state index contributed by atoms with van der Waals surface area (Å²) in [6, 6.07) is 7.37. The minimum Gasteiger partial charge on any atom is -1.00 e. The topological polar surface area (TPSA) is 38.3 Å². The van der Waals surface area contributed by atoms with Gasteiger partial charge < -0.3 is 22.5 Å². The molecule has 0 aliphatic carbocycles. The summed E-state index contributed by atoms with van der Waals surface area (Å²) in [5.41, 5.74) is 0.677. The van der Waals surface area contributed by atoms with Crippen LogP contribution in [0.1, 0.15) is 23.7 Å². The second kappa shape index (κ2) is 8.13. The zero-order valence-electron chi connectivity index (χ0n) is 9.63. The van der Waals surface area contributed by atoms with Crippen molar-refractivity contribution in [3.8, 4) is 5.75 Å². The van der Waals surface area contributed by atoms with Gasteiger partial charge in [0.05, 0.1) is 5.56 Å². The van der Waals surface area contributed by atoms with Crippen molar-refractivity contribution in [2.75, 3.05) is 20.2 Å². The van der Waals surface area contributed by atoms with E-state index in [2.05, 4.69) is 5.32 Å². The highest BCUT2D eigenvalue weighted by Gasteiger charge is 2.09. The van der Waals surface area contributed by atoms with Gasteiger partial charge >= 0.3 is 0 Å². The van der Waals surface area contributed by atoms with E-state index in [-0.39, 0.29) is 18.2 Å². The Morgan fingerprint density at radius 1 is 1.38 bits per heavy atom. The van der Waals surface area contributed by atoms with Crippen molar-refractivity contribution in [3.05, 3.63) is 29.8 Å². The van der Waals surface area contributed by atoms with Crippen LogP contribution in [0.5, 0.6) is 5.75 Å². The Bertz CT molecular complexity index is 329. The van der Waals surface area contributed by atoms with E-state index < -0.39 is 0 Å². The minimum absolute atomic E-state index is 0. The Morgan fingerprint density at radius 2 is 2.06 bits per heavy atom. The first-order valence-corrected chi connectivity index (χ1v) is 5.19. The number of likely N-dealkylation sites (N-methyl/N-ethyl adjacent to an activating group) is 1. The van der Waals surface area contributed by atoms with Crippen LogP contribution in [0.4, 0.5) is 0 Å². The van der Waals surface area contributed by atoms with Crippen LogP contribution in [0.25, 0.3) is 0 Å². The second-order valence-electron chi connectivity index (χ2n) is 3.22. The van der Waals surface area contributed by atoms with Crippen molar-refractivity contribution in [3.63, 3.8) is 0 Å². The van der Waals surface area contributed by atoms with Gasteiger partial charge in [0.15, 0.2) is 5.78 Å². The normalized spacial score (nSPS) is 9.38. The molecule has 0 radical (unpaired) electrons. The van der Waals surface area contributed by atoms with Gasteiger partial charge in [0.1, 0.15) is 12.4 Å². The summed E-state index contributed by atoms with van der Waals surface area (Å²) in [7, 11) is 1.87. The second-order valence-corrected chi connectivity index (χ2v) is 3.22. The Kier molecular flexibility index (Phi) is 7.60. The molecule has 16 heavy (non-hydrogen) atoms. The van der Waals surface area contributed by atoms with Crippen molar-refractivity contribution in [2.45, 2.75) is 13.3 Å². The monoisotopic (exact) mass is 242 g/mol. The van der Waals surface area contributed by atoms with E-state index in [9.17, 15) is 4.79 Å². The Hall–Kier alpha value is -1.06. The number of carbonyl (C=O) groups excluding carboxylic acids is 1. The number of hydrogen-bond donors (Lipinski definition) is 1. The Labute approximate surface area is 103 Å². The summed E-state index contributed by atoms with van der Waals surface area (Å²) in [5, 5.41) is 2.99. The maximum atomic E-state index is 11.6. The van der Waals surface area contributed by atoms with Gasteiger partial charge in [-0.2, -0.15) is 0 Å². The van der Waals surface area contributed by atoms with Crippen LogP contribution >= 0.6 is 0 Å². The first kappa shape index (κ1) is 14.9. The van der Waals surface area contributed by atoms with E-state index in [1.165, 1.54) is 0 Å². The molecule has 1 rings (SSSR count). The lowest BCUT2D eigenvalue weighted by Gasteiger charge is -2.09. The lowest BCUT2D eigenvalue weighted by molar-refractivity contribution is -0.0000117. The number of ether oxygens (including phenoxy) is 1. The Morgan fingerprint density at radius 3 is 2.69 bits per heavy atom. The largest absolute Gasteiger partial charge is 1.00 e. The van der Waals surface area contributed by atoms with Gasteiger partial charge in [-0.05, 0) is 19.2 Å². The van der Waals surface area contributed by atoms with Gasteiger partial charge in [-0.25, -0.2) is 0 Å². The quantitative estimate of drug-likeness (QED) is 0.508. The third kappa shape index (κ3) is 4.21. The number of para-hydroxylation sites is 1. The van der Waals surface area contributed by atoms with Crippen LogP contribution in [0.3, 0.4) is 0 Å². The molecule has 1 aromatic rings. The molecule has 1 N–H and O–H groups in total. The van der Waals surface area contributed by atoms with E-state index in [0.717, 1.165) is 6.54 Å². The van der Waals surface area contributed by atoms with Gasteiger partial charge in [0.25, 0.3) is 0 Å². The summed E-state index contributed by atoms with van der Waals surface area (Å²) >= 11 is 0. The molecule has 0 aromatic heterocycles. The van der Waals surface area contributed by atoms with Crippen LogP contribution in [-0.2, 0) is 0 Å². The summed E-state index contributed by atoms with van der Waals surface area (Å²) in [6.07, 6.45) is 0.506. The average Bonchev–Trinajstić information content (AvgIpc) is 2.29. The van der Waals surface area contributed by atoms with Crippen LogP contribution in [-0.4, -0.2) is 26.0 Å². The number of hydrogen-bond acceptors (Lipinski definition) is 3. The number of ketones is 1. The maximum absolute atomic E-state index is 11.6. The van der Waals surface area contributed by atoms with Crippen LogP contribution < -0.4 is 22.5 Å². The molecule has 0 unspecified atom stereocenters. The van der Waals surface area contributed by atoms with E-state index >= 15 is 0 Å². The fourth-order valence-electron chi connectivity index (χ4n) is 1.28. The minimum atomic E-state index is 0. The van der Waals surface area contributed by atoms with Crippen LogP contribution in [0, 0.1) is 0 Å². The molecule has 90 valence electrons. The van der Waals surface area contributed by atoms with E-state index in [4.69, 9.17) is 4.74 Å². The third-order valence-corrected chi connectivity index (χ3v) is 2.12. The number of benzene rings is 1. The van der Waals surface area contributed by atoms with Gasteiger partial charge in [0.2, 0.25) is 0 Å². The van der Waals surface area contributed by atoms with Crippen LogP contribution in [0.2, 0.25) is 0 Å². The molecule has 0 spiro atoms. The third-order valence-electron chi connectivity index (χ3n) is 2.12. The fraction of sp³-hybridized carbons (Fsp3) is 0.417. The number of nitrogens with one attached hydrogen (secondary N) is 1. The molecule has 0 bridgehead atoms. The average molecular weight is 243 g/mol. The van der Waals surface area contributed by atoms with Crippen molar-refractivity contribution < 1.29 is 21.9 Å². The molecule has 0 aliphatic heterocycles. The van der Waals surface area contributed by atoms with E-state index in [1.54, 1.807) is 6.07 Å². The molecule has 4 heteroatoms. The first-order chi connectivity index (χ1) is 7.29. The van der Waals surface area contributed by atoms with Crippen molar-refractivity contribution in [1.82, 2.24) is 5.32 Å². The number of halogens is 1. The van der Waals surface area contributed by atoms with Gasteiger partial charge in [0, 0.05) is 13.0 Å². The highest BCUT2D eigenvalue weighted by atomic mass is 35.5. The SMILES string of the molecule is CCC(=O)c1ccccc1OCCNC.[Cl-]. The first-order valence-electron chi connectivity index (χ1n) is 5.19. The highest BCUT2D eigenvalue weighted by Crippen LogP contribution is 2.19. The highest BCUT2D eigenvalue weighted by molar-refractivity contribution is 5.98. The molecule has 0 atom stereocenters. The lowest BCUT2D eigenvalue weighted by atomic mass is 10.1. The molecule has 0 aliphatic rings. The molecule has 0 fully saturated rings. The number of carbonyl (C=O) groups is 1. The smallest absolute Gasteiger partial charge is 0.166 e. The zero-order valence-corrected chi connectivity index (χ0v) is 10.4. The number of Topliss-reactive ketones (excluding diaryl/α,β-unsaturated/α-hetero) is 1. The molecule has 0 saturated heterocycles. The predicted molar refractivity (Wildman–Crippen MR) is 60.5 cm³/mol. The lowest BCUT2D eigenvalue weighted by Crippen LogP contribution is -3.00. The molecule has 3 nitrogen and oxygen atoms in total. The molecule has 0 saturated carbocycles. The summed E-state index contributed by atoms with van der Waals surface area (Å²) in [4.78, 5) is 11.6. The van der Waals surface area contributed by atoms with E-state index in [0.29, 0.717) is 24.3 Å². The van der Waals surface area contributed by atoms with Gasteiger partial charge in [-0.15, -0.1) is 0 Å². The van der Waals surface area contributed by atoms with Crippen molar-refractivity contribution in [2.24, 2.45) is 0 Å². The summed E-state index contributed by atoms with van der Waals surface area (Å²) in [5.74, 6) is 0.801.